The number of aliphatic hydroxyl groups is 1. The predicted molar refractivity (Wildman–Crippen MR) is 79.8 cm³/mol. The standard InChI is InChI=1S/C16H25NO3/c1-12-6-8-15(9-7-12)20-14(3)16(19)17-10-4-5-13(2)11-18/h6-9,13-14,18H,4-5,10-11H2,1-3H3,(H,17,19). The van der Waals surface area contributed by atoms with Gasteiger partial charge in [-0.25, -0.2) is 0 Å². The number of carbonyl (C=O) groups excluding carboxylic acids is 1. The van der Waals surface area contributed by atoms with E-state index in [2.05, 4.69) is 5.32 Å². The van der Waals surface area contributed by atoms with Crippen molar-refractivity contribution in [3.05, 3.63) is 29.8 Å². The van der Waals surface area contributed by atoms with Gasteiger partial charge in [-0.05, 0) is 44.7 Å². The highest BCUT2D eigenvalue weighted by atomic mass is 16.5. The average Bonchev–Trinajstić information content (AvgIpc) is 2.45. The molecule has 0 aliphatic heterocycles. The lowest BCUT2D eigenvalue weighted by atomic mass is 10.1. The third-order valence-electron chi connectivity index (χ3n) is 3.19. The van der Waals surface area contributed by atoms with E-state index in [0.717, 1.165) is 18.4 Å². The summed E-state index contributed by atoms with van der Waals surface area (Å²) in [4.78, 5) is 11.8. The van der Waals surface area contributed by atoms with Crippen LogP contribution in [0.25, 0.3) is 0 Å². The van der Waals surface area contributed by atoms with E-state index in [9.17, 15) is 4.79 Å². The smallest absolute Gasteiger partial charge is 0.260 e. The number of carbonyl (C=O) groups is 1. The molecule has 1 rings (SSSR count). The minimum atomic E-state index is -0.507. The van der Waals surface area contributed by atoms with Crippen LogP contribution >= 0.6 is 0 Å². The molecule has 0 fully saturated rings. The molecule has 112 valence electrons. The maximum absolute atomic E-state index is 11.8. The van der Waals surface area contributed by atoms with Crippen LogP contribution < -0.4 is 10.1 Å². The second-order valence-electron chi connectivity index (χ2n) is 5.29. The van der Waals surface area contributed by atoms with Crippen LogP contribution in [0.4, 0.5) is 0 Å². The Morgan fingerprint density at radius 2 is 1.95 bits per heavy atom. The number of benzene rings is 1. The normalized spacial score (nSPS) is 13.6. The zero-order chi connectivity index (χ0) is 15.0. The summed E-state index contributed by atoms with van der Waals surface area (Å²) in [7, 11) is 0. The first kappa shape index (κ1) is 16.5. The molecule has 2 unspecified atom stereocenters. The monoisotopic (exact) mass is 279 g/mol. The summed E-state index contributed by atoms with van der Waals surface area (Å²) in [6.07, 6.45) is 1.27. The molecular formula is C16H25NO3. The quantitative estimate of drug-likeness (QED) is 0.718. The zero-order valence-corrected chi connectivity index (χ0v) is 12.6. The first-order valence-corrected chi connectivity index (χ1v) is 7.14. The molecular weight excluding hydrogens is 254 g/mol. The Kier molecular flexibility index (Phi) is 7.09. The SMILES string of the molecule is Cc1ccc(OC(C)C(=O)NCCCC(C)CO)cc1. The highest BCUT2D eigenvalue weighted by Crippen LogP contribution is 2.13. The fraction of sp³-hybridized carbons (Fsp3) is 0.562. The van der Waals surface area contributed by atoms with Gasteiger partial charge in [0.25, 0.3) is 5.91 Å². The molecule has 4 nitrogen and oxygen atoms in total. The van der Waals surface area contributed by atoms with Crippen LogP contribution in [0, 0.1) is 12.8 Å². The van der Waals surface area contributed by atoms with Crippen molar-refractivity contribution < 1.29 is 14.6 Å². The van der Waals surface area contributed by atoms with E-state index in [0.29, 0.717) is 12.3 Å². The summed E-state index contributed by atoms with van der Waals surface area (Å²) in [5.41, 5.74) is 1.16. The van der Waals surface area contributed by atoms with Crippen LogP contribution in [0.2, 0.25) is 0 Å². The van der Waals surface area contributed by atoms with Gasteiger partial charge in [-0.2, -0.15) is 0 Å². The van der Waals surface area contributed by atoms with E-state index >= 15 is 0 Å². The van der Waals surface area contributed by atoms with Gasteiger partial charge in [-0.1, -0.05) is 24.6 Å². The van der Waals surface area contributed by atoms with Gasteiger partial charge in [-0.15, -0.1) is 0 Å². The second kappa shape index (κ2) is 8.59. The molecule has 1 aromatic rings. The third-order valence-corrected chi connectivity index (χ3v) is 3.19. The molecule has 0 heterocycles. The summed E-state index contributed by atoms with van der Waals surface area (Å²) < 4.78 is 5.58. The lowest BCUT2D eigenvalue weighted by molar-refractivity contribution is -0.127. The molecule has 2 N–H and O–H groups in total. The molecule has 0 aromatic heterocycles. The molecule has 2 atom stereocenters. The Morgan fingerprint density at radius 3 is 2.55 bits per heavy atom. The summed E-state index contributed by atoms with van der Waals surface area (Å²) in [5.74, 6) is 0.877. The van der Waals surface area contributed by atoms with Crippen molar-refractivity contribution in [2.24, 2.45) is 5.92 Å². The topological polar surface area (TPSA) is 58.6 Å². The number of hydrogen-bond donors (Lipinski definition) is 2. The van der Waals surface area contributed by atoms with Crippen LogP contribution in [0.1, 0.15) is 32.3 Å². The van der Waals surface area contributed by atoms with E-state index in [-0.39, 0.29) is 18.4 Å². The van der Waals surface area contributed by atoms with Gasteiger partial charge in [-0.3, -0.25) is 4.79 Å². The Bertz CT molecular complexity index is 403. The predicted octanol–water partition coefficient (Wildman–Crippen LogP) is 2.29. The van der Waals surface area contributed by atoms with Crippen molar-refractivity contribution in [2.45, 2.75) is 39.7 Å². The molecule has 0 saturated heterocycles. The van der Waals surface area contributed by atoms with E-state index in [4.69, 9.17) is 9.84 Å². The minimum absolute atomic E-state index is 0.109. The Balaban J connectivity index is 2.27. The van der Waals surface area contributed by atoms with Gasteiger partial charge in [0.15, 0.2) is 6.10 Å². The summed E-state index contributed by atoms with van der Waals surface area (Å²) in [6.45, 7) is 6.55. The lowest BCUT2D eigenvalue weighted by Crippen LogP contribution is -2.36. The number of amides is 1. The number of hydrogen-bond acceptors (Lipinski definition) is 3. The number of aliphatic hydroxyl groups excluding tert-OH is 1. The molecule has 0 aliphatic rings. The van der Waals surface area contributed by atoms with Crippen molar-refractivity contribution in [1.29, 1.82) is 0 Å². The molecule has 0 radical (unpaired) electrons. The zero-order valence-electron chi connectivity index (χ0n) is 12.6. The van der Waals surface area contributed by atoms with Gasteiger partial charge in [0.05, 0.1) is 0 Å². The number of ether oxygens (including phenoxy) is 1. The van der Waals surface area contributed by atoms with Crippen molar-refractivity contribution in [1.82, 2.24) is 5.32 Å². The van der Waals surface area contributed by atoms with Gasteiger partial charge in [0, 0.05) is 13.2 Å². The van der Waals surface area contributed by atoms with Crippen molar-refractivity contribution in [2.75, 3.05) is 13.2 Å². The maximum Gasteiger partial charge on any atom is 0.260 e. The summed E-state index contributed by atoms with van der Waals surface area (Å²) in [6, 6.07) is 7.64. The van der Waals surface area contributed by atoms with E-state index in [1.807, 2.05) is 38.1 Å². The number of nitrogens with one attached hydrogen (secondary N) is 1. The first-order valence-electron chi connectivity index (χ1n) is 7.14. The largest absolute Gasteiger partial charge is 0.481 e. The van der Waals surface area contributed by atoms with E-state index < -0.39 is 6.10 Å². The average molecular weight is 279 g/mol. The Labute approximate surface area is 121 Å². The first-order chi connectivity index (χ1) is 9.52. The highest BCUT2D eigenvalue weighted by molar-refractivity contribution is 5.80. The summed E-state index contributed by atoms with van der Waals surface area (Å²) >= 11 is 0. The molecule has 20 heavy (non-hydrogen) atoms. The number of rotatable bonds is 8. The molecule has 1 aromatic carbocycles. The van der Waals surface area contributed by atoms with Crippen LogP contribution in [0.3, 0.4) is 0 Å². The minimum Gasteiger partial charge on any atom is -0.481 e. The number of aryl methyl sites for hydroxylation is 1. The molecule has 0 aliphatic carbocycles. The van der Waals surface area contributed by atoms with Crippen LogP contribution in [-0.4, -0.2) is 30.3 Å². The fourth-order valence-electron chi connectivity index (χ4n) is 1.77. The van der Waals surface area contributed by atoms with Crippen molar-refractivity contribution in [3.8, 4) is 5.75 Å². The highest BCUT2D eigenvalue weighted by Gasteiger charge is 2.13. The van der Waals surface area contributed by atoms with Crippen LogP contribution in [-0.2, 0) is 4.79 Å². The van der Waals surface area contributed by atoms with E-state index in [1.54, 1.807) is 6.92 Å². The van der Waals surface area contributed by atoms with Crippen molar-refractivity contribution >= 4 is 5.91 Å². The van der Waals surface area contributed by atoms with Crippen molar-refractivity contribution in [3.63, 3.8) is 0 Å². The molecule has 4 heteroatoms. The Morgan fingerprint density at radius 1 is 1.30 bits per heavy atom. The molecule has 0 bridgehead atoms. The fourth-order valence-corrected chi connectivity index (χ4v) is 1.77. The van der Waals surface area contributed by atoms with Crippen LogP contribution in [0.15, 0.2) is 24.3 Å². The van der Waals surface area contributed by atoms with Gasteiger partial charge < -0.3 is 15.2 Å². The third kappa shape index (κ3) is 6.06. The van der Waals surface area contributed by atoms with Gasteiger partial charge >= 0.3 is 0 Å². The molecule has 1 amide bonds. The van der Waals surface area contributed by atoms with Crippen LogP contribution in [0.5, 0.6) is 5.75 Å². The Hall–Kier alpha value is -1.55. The summed E-state index contributed by atoms with van der Waals surface area (Å²) in [5, 5.41) is 11.8. The second-order valence-corrected chi connectivity index (χ2v) is 5.29. The van der Waals surface area contributed by atoms with Gasteiger partial charge in [0.2, 0.25) is 0 Å². The van der Waals surface area contributed by atoms with Gasteiger partial charge in [0.1, 0.15) is 5.75 Å². The maximum atomic E-state index is 11.8. The molecule has 0 saturated carbocycles. The molecule has 0 spiro atoms. The van der Waals surface area contributed by atoms with E-state index in [1.165, 1.54) is 0 Å². The lowest BCUT2D eigenvalue weighted by Gasteiger charge is -2.15.